The minimum Gasteiger partial charge on any atom is -0.744 e. The van der Waals surface area contributed by atoms with Gasteiger partial charge in [-0.05, 0) is 42.6 Å². The Morgan fingerprint density at radius 1 is 0.905 bits per heavy atom. The Kier molecular flexibility index (Phi) is 11.7. The SMILES string of the molecule is Cc1nc(S(C)(=O)=O)nc(Nc2cc(S(=O)(=O)[O-])cc3cc(S(=O)(=O)[O-])c(N=Nc4ccccc4)c(O)c23)c1Cl.[Na+].[Na+]. The molecule has 210 valence electrons. The number of aryl methyl sites for hydroxylation is 1. The van der Waals surface area contributed by atoms with E-state index in [9.17, 15) is 39.5 Å². The Balaban J connectivity index is 0.00000308. The first kappa shape index (κ1) is 36.5. The van der Waals surface area contributed by atoms with E-state index < -0.39 is 56.5 Å². The van der Waals surface area contributed by atoms with Crippen LogP contribution in [0.2, 0.25) is 5.02 Å². The number of rotatable bonds is 7. The molecule has 2 N–H and O–H groups in total. The van der Waals surface area contributed by atoms with Crippen molar-refractivity contribution < 1.29 is 98.6 Å². The molecule has 0 spiro atoms. The zero-order chi connectivity index (χ0) is 29.6. The van der Waals surface area contributed by atoms with Crippen LogP contribution in [0.5, 0.6) is 5.75 Å². The van der Waals surface area contributed by atoms with Gasteiger partial charge < -0.3 is 19.5 Å². The maximum absolute atomic E-state index is 12.1. The number of hydrogen-bond donors (Lipinski definition) is 2. The summed E-state index contributed by atoms with van der Waals surface area (Å²) in [5, 5.41) is 19.8. The molecular formula is C22H16ClN5Na2O9S3. The Hall–Kier alpha value is -1.74. The number of halogens is 1. The third kappa shape index (κ3) is 8.04. The number of phenolic OH excluding ortho intramolecular Hbond substituents is 1. The molecule has 0 aliphatic rings. The molecule has 4 rings (SSSR count). The van der Waals surface area contributed by atoms with Crippen molar-refractivity contribution in [2.24, 2.45) is 10.2 Å². The molecule has 42 heavy (non-hydrogen) atoms. The van der Waals surface area contributed by atoms with Crippen LogP contribution in [0, 0.1) is 6.92 Å². The minimum atomic E-state index is -5.33. The van der Waals surface area contributed by atoms with Crippen LogP contribution >= 0.6 is 11.6 Å². The summed E-state index contributed by atoms with van der Waals surface area (Å²) in [6.45, 7) is 1.37. The predicted octanol–water partition coefficient (Wildman–Crippen LogP) is -2.32. The van der Waals surface area contributed by atoms with E-state index in [0.29, 0.717) is 6.07 Å². The Morgan fingerprint density at radius 3 is 2.07 bits per heavy atom. The number of aromatic hydroxyl groups is 1. The normalized spacial score (nSPS) is 12.1. The van der Waals surface area contributed by atoms with Gasteiger partial charge in [0.1, 0.15) is 30.9 Å². The first-order valence-corrected chi connectivity index (χ1v) is 15.8. The number of nitrogens with zero attached hydrogens (tertiary/aromatic N) is 4. The summed E-state index contributed by atoms with van der Waals surface area (Å²) in [6.07, 6.45) is 0.834. The quantitative estimate of drug-likeness (QED) is 0.0912. The molecule has 1 heterocycles. The molecule has 0 saturated carbocycles. The van der Waals surface area contributed by atoms with E-state index in [0.717, 1.165) is 18.4 Å². The van der Waals surface area contributed by atoms with Gasteiger partial charge in [-0.15, -0.1) is 5.11 Å². The van der Waals surface area contributed by atoms with E-state index in [-0.39, 0.29) is 97.8 Å². The third-order valence-corrected chi connectivity index (χ3v) is 8.25. The van der Waals surface area contributed by atoms with Crippen LogP contribution in [0.3, 0.4) is 0 Å². The maximum Gasteiger partial charge on any atom is 1.00 e. The fourth-order valence-electron chi connectivity index (χ4n) is 3.50. The molecule has 0 aliphatic carbocycles. The number of azo groups is 1. The molecule has 4 aromatic rings. The topological polar surface area (TPSA) is 231 Å². The zero-order valence-corrected chi connectivity index (χ0v) is 29.4. The first-order valence-electron chi connectivity index (χ1n) is 10.7. The van der Waals surface area contributed by atoms with E-state index >= 15 is 0 Å². The fraction of sp³-hybridized carbons (Fsp3) is 0.0909. The van der Waals surface area contributed by atoms with Crippen molar-refractivity contribution in [3.05, 3.63) is 59.2 Å². The zero-order valence-electron chi connectivity index (χ0n) is 22.2. The molecule has 0 amide bonds. The summed E-state index contributed by atoms with van der Waals surface area (Å²) in [7, 11) is -14.5. The van der Waals surface area contributed by atoms with Crippen molar-refractivity contribution in [3.63, 3.8) is 0 Å². The van der Waals surface area contributed by atoms with Crippen LogP contribution in [0.4, 0.5) is 22.9 Å². The standard InChI is InChI=1S/C22H18ClN5O9S3.2Na/c1-11-18(23)21(26-22(24-11)38(2,30)31)25-15-10-14(39(32,33)34)8-12-9-16(40(35,36)37)19(20(29)17(12)15)28-27-13-6-4-3-5-7-13;;/h3-10,29H,1-2H3,(H,24,25,26)(H,32,33,34)(H,35,36,37);;/q;2*+1/p-2. The van der Waals surface area contributed by atoms with Gasteiger partial charge in [-0.1, -0.05) is 29.8 Å². The Labute approximate surface area is 289 Å². The summed E-state index contributed by atoms with van der Waals surface area (Å²) in [4.78, 5) is 5.69. The third-order valence-electron chi connectivity index (χ3n) is 5.28. The van der Waals surface area contributed by atoms with Crippen LogP contribution in [-0.2, 0) is 30.1 Å². The van der Waals surface area contributed by atoms with Crippen LogP contribution in [0.15, 0.2) is 73.7 Å². The molecule has 0 unspecified atom stereocenters. The molecule has 0 bridgehead atoms. The summed E-state index contributed by atoms with van der Waals surface area (Å²) in [5.74, 6) is -1.29. The maximum atomic E-state index is 12.1. The molecule has 14 nitrogen and oxygen atoms in total. The molecule has 0 atom stereocenters. The van der Waals surface area contributed by atoms with Gasteiger partial charge in [-0.3, -0.25) is 0 Å². The molecule has 0 aliphatic heterocycles. The molecule has 0 saturated heterocycles. The van der Waals surface area contributed by atoms with E-state index in [1.54, 1.807) is 18.2 Å². The van der Waals surface area contributed by atoms with Gasteiger partial charge in [-0.2, -0.15) is 10.1 Å². The average molecular weight is 672 g/mol. The number of nitrogens with one attached hydrogen (secondary N) is 1. The van der Waals surface area contributed by atoms with Crippen LogP contribution in [-0.4, -0.2) is 55.7 Å². The molecule has 0 fully saturated rings. The van der Waals surface area contributed by atoms with E-state index in [4.69, 9.17) is 11.6 Å². The van der Waals surface area contributed by atoms with Crippen LogP contribution in [0.25, 0.3) is 10.8 Å². The van der Waals surface area contributed by atoms with Gasteiger partial charge in [0.2, 0.25) is 15.0 Å². The van der Waals surface area contributed by atoms with Crippen LogP contribution in [0.1, 0.15) is 5.69 Å². The van der Waals surface area contributed by atoms with Crippen molar-refractivity contribution in [1.82, 2.24) is 9.97 Å². The van der Waals surface area contributed by atoms with Gasteiger partial charge in [0.25, 0.3) is 0 Å². The molecule has 0 radical (unpaired) electrons. The van der Waals surface area contributed by atoms with Crippen LogP contribution < -0.4 is 64.4 Å². The van der Waals surface area contributed by atoms with Crippen molar-refractivity contribution in [3.8, 4) is 5.75 Å². The van der Waals surface area contributed by atoms with E-state index in [2.05, 4.69) is 25.5 Å². The largest absolute Gasteiger partial charge is 1.00 e. The average Bonchev–Trinajstić information content (AvgIpc) is 2.84. The van der Waals surface area contributed by atoms with E-state index in [1.807, 2.05) is 0 Å². The second-order valence-corrected chi connectivity index (χ2v) is 13.3. The Morgan fingerprint density at radius 2 is 1.52 bits per heavy atom. The number of sulfone groups is 1. The Bertz CT molecular complexity index is 2050. The summed E-state index contributed by atoms with van der Waals surface area (Å²) in [5.41, 5.74) is -0.916. The molecule has 1 aromatic heterocycles. The minimum absolute atomic E-state index is 0. The van der Waals surface area contributed by atoms with Gasteiger partial charge in [0.05, 0.1) is 26.9 Å². The van der Waals surface area contributed by atoms with Crippen molar-refractivity contribution in [1.29, 1.82) is 0 Å². The van der Waals surface area contributed by atoms with Crippen molar-refractivity contribution in [2.75, 3.05) is 11.6 Å². The van der Waals surface area contributed by atoms with Gasteiger partial charge in [0, 0.05) is 11.6 Å². The second kappa shape index (κ2) is 13.5. The predicted molar refractivity (Wildman–Crippen MR) is 140 cm³/mol. The molecule has 20 heteroatoms. The van der Waals surface area contributed by atoms with Gasteiger partial charge >= 0.3 is 59.1 Å². The van der Waals surface area contributed by atoms with Crippen molar-refractivity contribution >= 4 is 75.3 Å². The van der Waals surface area contributed by atoms with Gasteiger partial charge in [0.15, 0.2) is 11.6 Å². The fourth-order valence-corrected chi connectivity index (χ4v) is 5.37. The number of fused-ring (bicyclic) bond motifs is 1. The monoisotopic (exact) mass is 671 g/mol. The summed E-state index contributed by atoms with van der Waals surface area (Å²) < 4.78 is 96.0. The summed E-state index contributed by atoms with van der Waals surface area (Å²) >= 11 is 6.24. The second-order valence-electron chi connectivity index (χ2n) is 8.24. The summed E-state index contributed by atoms with van der Waals surface area (Å²) in [6, 6.07) is 10.1. The van der Waals surface area contributed by atoms with Crippen molar-refractivity contribution in [2.45, 2.75) is 21.9 Å². The number of hydrogen-bond acceptors (Lipinski definition) is 14. The van der Waals surface area contributed by atoms with Gasteiger partial charge in [-0.25, -0.2) is 30.2 Å². The molecule has 3 aromatic carbocycles. The number of aromatic nitrogens is 2. The smallest absolute Gasteiger partial charge is 0.744 e. The molecular weight excluding hydrogens is 656 g/mol. The number of phenols is 1. The first-order chi connectivity index (χ1) is 18.5. The van der Waals surface area contributed by atoms with E-state index in [1.165, 1.54) is 19.1 Å². The number of anilines is 2. The number of benzene rings is 3.